The number of amides is 1. The quantitative estimate of drug-likeness (QED) is 0.777. The summed E-state index contributed by atoms with van der Waals surface area (Å²) in [6, 6.07) is 0. The normalized spacial score (nSPS) is 18.4. The number of carbonyl (C=O) groups is 1. The van der Waals surface area contributed by atoms with Crippen molar-refractivity contribution in [2.75, 3.05) is 32.7 Å². The van der Waals surface area contributed by atoms with Crippen LogP contribution in [0.1, 0.15) is 47.5 Å². The lowest BCUT2D eigenvalue weighted by Gasteiger charge is -2.33. The highest BCUT2D eigenvalue weighted by Gasteiger charge is 2.25. The molecule has 1 saturated heterocycles. The van der Waals surface area contributed by atoms with Gasteiger partial charge in [-0.05, 0) is 17.8 Å². The van der Waals surface area contributed by atoms with E-state index in [1.807, 2.05) is 0 Å². The first kappa shape index (κ1) is 17.4. The van der Waals surface area contributed by atoms with E-state index in [9.17, 15) is 9.90 Å². The third-order valence-corrected chi connectivity index (χ3v) is 3.39. The third-order valence-electron chi connectivity index (χ3n) is 3.39. The molecule has 0 spiro atoms. The molecular formula is C16H32N2O2. The number of aliphatic hydroxyl groups is 1. The molecule has 1 aliphatic heterocycles. The number of nitrogens with zero attached hydrogens (tertiary/aromatic N) is 2. The van der Waals surface area contributed by atoms with Crippen molar-refractivity contribution in [1.82, 2.24) is 9.80 Å². The summed E-state index contributed by atoms with van der Waals surface area (Å²) in [5.74, 6) is 0.772. The number of β-amino-alcohol motifs (C(OH)–C–C–N with tert-alkyl or cyclic N) is 1. The molecule has 0 bridgehead atoms. The van der Waals surface area contributed by atoms with Crippen molar-refractivity contribution >= 4 is 5.91 Å². The van der Waals surface area contributed by atoms with Gasteiger partial charge in [0.05, 0.1) is 6.10 Å². The first-order valence-corrected chi connectivity index (χ1v) is 7.85. The lowest BCUT2D eigenvalue weighted by molar-refractivity contribution is -0.129. The van der Waals surface area contributed by atoms with Gasteiger partial charge in [0.2, 0.25) is 5.91 Å². The number of likely N-dealkylation sites (tertiary alicyclic amines) is 1. The van der Waals surface area contributed by atoms with E-state index in [0.29, 0.717) is 25.4 Å². The van der Waals surface area contributed by atoms with E-state index in [2.05, 4.69) is 39.5 Å². The van der Waals surface area contributed by atoms with Gasteiger partial charge in [0.25, 0.3) is 0 Å². The number of rotatable bonds is 7. The van der Waals surface area contributed by atoms with Gasteiger partial charge >= 0.3 is 0 Å². The van der Waals surface area contributed by atoms with Crippen LogP contribution in [0, 0.1) is 11.3 Å². The fourth-order valence-electron chi connectivity index (χ4n) is 2.90. The molecule has 4 nitrogen and oxygen atoms in total. The maximum Gasteiger partial charge on any atom is 0.222 e. The predicted molar refractivity (Wildman–Crippen MR) is 82.6 cm³/mol. The number of hydrogen-bond acceptors (Lipinski definition) is 3. The van der Waals surface area contributed by atoms with Crippen LogP contribution in [-0.2, 0) is 4.79 Å². The van der Waals surface area contributed by atoms with Crippen LogP contribution in [0.15, 0.2) is 0 Å². The predicted octanol–water partition coefficient (Wildman–Crippen LogP) is 1.97. The molecule has 1 atom stereocenters. The maximum absolute atomic E-state index is 11.6. The zero-order chi connectivity index (χ0) is 15.3. The molecule has 1 fully saturated rings. The number of carbonyl (C=O) groups excluding carboxylic acids is 1. The van der Waals surface area contributed by atoms with Crippen molar-refractivity contribution in [3.63, 3.8) is 0 Å². The Balaban J connectivity index is 2.48. The summed E-state index contributed by atoms with van der Waals surface area (Å²) < 4.78 is 0. The molecule has 1 unspecified atom stereocenters. The summed E-state index contributed by atoms with van der Waals surface area (Å²) in [6.45, 7) is 15.0. The average Bonchev–Trinajstić information content (AvgIpc) is 2.60. The van der Waals surface area contributed by atoms with Crippen LogP contribution >= 0.6 is 0 Å². The van der Waals surface area contributed by atoms with E-state index < -0.39 is 6.10 Å². The standard InChI is InChI=1S/C16H32N2O2/c1-13(2)9-17(12-16(3,4)5)10-14(19)11-18-8-6-7-15(18)20/h13-14,19H,6-12H2,1-5H3. The fraction of sp³-hybridized carbons (Fsp3) is 0.938. The molecule has 0 saturated carbocycles. The van der Waals surface area contributed by atoms with Gasteiger partial charge < -0.3 is 10.0 Å². The van der Waals surface area contributed by atoms with E-state index in [-0.39, 0.29) is 11.3 Å². The number of hydrogen-bond donors (Lipinski definition) is 1. The van der Waals surface area contributed by atoms with Gasteiger partial charge in [0, 0.05) is 39.1 Å². The van der Waals surface area contributed by atoms with Gasteiger partial charge in [-0.2, -0.15) is 0 Å². The minimum atomic E-state index is -0.446. The molecule has 0 aromatic carbocycles. The first-order chi connectivity index (χ1) is 9.17. The average molecular weight is 284 g/mol. The van der Waals surface area contributed by atoms with Crippen molar-refractivity contribution in [1.29, 1.82) is 0 Å². The van der Waals surface area contributed by atoms with Crippen LogP contribution in [0.25, 0.3) is 0 Å². The first-order valence-electron chi connectivity index (χ1n) is 7.85. The molecule has 0 aliphatic carbocycles. The summed E-state index contributed by atoms with van der Waals surface area (Å²) in [6.07, 6.45) is 1.13. The molecule has 20 heavy (non-hydrogen) atoms. The molecule has 4 heteroatoms. The Hall–Kier alpha value is -0.610. The van der Waals surface area contributed by atoms with Crippen LogP contribution in [0.3, 0.4) is 0 Å². The van der Waals surface area contributed by atoms with E-state index >= 15 is 0 Å². The Labute approximate surface area is 124 Å². The van der Waals surface area contributed by atoms with Crippen LogP contribution in [0.5, 0.6) is 0 Å². The lowest BCUT2D eigenvalue weighted by Crippen LogP contribution is -2.44. The number of aliphatic hydroxyl groups excluding tert-OH is 1. The molecule has 0 aromatic heterocycles. The summed E-state index contributed by atoms with van der Waals surface area (Å²) >= 11 is 0. The van der Waals surface area contributed by atoms with E-state index in [4.69, 9.17) is 0 Å². The second-order valence-corrected chi connectivity index (χ2v) is 7.75. The lowest BCUT2D eigenvalue weighted by atomic mass is 9.95. The highest BCUT2D eigenvalue weighted by Crippen LogP contribution is 2.17. The second kappa shape index (κ2) is 7.41. The SMILES string of the molecule is CC(C)CN(CC(O)CN1CCCC1=O)CC(C)(C)C. The molecule has 118 valence electrons. The van der Waals surface area contributed by atoms with Gasteiger partial charge in [-0.25, -0.2) is 0 Å². The second-order valence-electron chi connectivity index (χ2n) is 7.75. The minimum Gasteiger partial charge on any atom is -0.390 e. The summed E-state index contributed by atoms with van der Waals surface area (Å²) in [5, 5.41) is 10.3. The van der Waals surface area contributed by atoms with Gasteiger partial charge in [-0.15, -0.1) is 0 Å². The molecule has 0 aromatic rings. The third kappa shape index (κ3) is 6.71. The molecular weight excluding hydrogens is 252 g/mol. The van der Waals surface area contributed by atoms with Crippen molar-refractivity contribution in [2.45, 2.75) is 53.6 Å². The van der Waals surface area contributed by atoms with E-state index in [1.165, 1.54) is 0 Å². The molecule has 0 radical (unpaired) electrons. The van der Waals surface area contributed by atoms with Crippen LogP contribution in [0.4, 0.5) is 0 Å². The summed E-state index contributed by atoms with van der Waals surface area (Å²) in [4.78, 5) is 15.7. The molecule has 1 aliphatic rings. The van der Waals surface area contributed by atoms with E-state index in [1.54, 1.807) is 4.90 Å². The highest BCUT2D eigenvalue weighted by atomic mass is 16.3. The van der Waals surface area contributed by atoms with Crippen LogP contribution in [-0.4, -0.2) is 59.6 Å². The van der Waals surface area contributed by atoms with Crippen molar-refractivity contribution < 1.29 is 9.90 Å². The zero-order valence-corrected chi connectivity index (χ0v) is 13.9. The van der Waals surface area contributed by atoms with Gasteiger partial charge in [-0.3, -0.25) is 9.69 Å². The zero-order valence-electron chi connectivity index (χ0n) is 13.9. The summed E-state index contributed by atoms with van der Waals surface area (Å²) in [7, 11) is 0. The Morgan fingerprint density at radius 2 is 1.95 bits per heavy atom. The Kier molecular flexibility index (Phi) is 6.46. The molecule has 1 N–H and O–H groups in total. The molecule has 1 rings (SSSR count). The molecule has 1 amide bonds. The topological polar surface area (TPSA) is 43.8 Å². The van der Waals surface area contributed by atoms with Gasteiger partial charge in [0.1, 0.15) is 0 Å². The summed E-state index contributed by atoms with van der Waals surface area (Å²) in [5.41, 5.74) is 0.220. The van der Waals surface area contributed by atoms with Crippen LogP contribution < -0.4 is 0 Å². The fourth-order valence-corrected chi connectivity index (χ4v) is 2.90. The van der Waals surface area contributed by atoms with Gasteiger partial charge in [-0.1, -0.05) is 34.6 Å². The Morgan fingerprint density at radius 3 is 2.40 bits per heavy atom. The van der Waals surface area contributed by atoms with Crippen molar-refractivity contribution in [3.8, 4) is 0 Å². The minimum absolute atomic E-state index is 0.190. The van der Waals surface area contributed by atoms with Crippen LogP contribution in [0.2, 0.25) is 0 Å². The van der Waals surface area contributed by atoms with E-state index in [0.717, 1.165) is 26.1 Å². The van der Waals surface area contributed by atoms with Crippen molar-refractivity contribution in [3.05, 3.63) is 0 Å². The smallest absolute Gasteiger partial charge is 0.222 e. The molecule has 1 heterocycles. The highest BCUT2D eigenvalue weighted by molar-refractivity contribution is 5.78. The Morgan fingerprint density at radius 1 is 1.30 bits per heavy atom. The largest absolute Gasteiger partial charge is 0.390 e. The van der Waals surface area contributed by atoms with Crippen molar-refractivity contribution in [2.24, 2.45) is 11.3 Å². The monoisotopic (exact) mass is 284 g/mol. The Bertz CT molecular complexity index is 310. The maximum atomic E-state index is 11.6. The van der Waals surface area contributed by atoms with Gasteiger partial charge in [0.15, 0.2) is 0 Å².